The summed E-state index contributed by atoms with van der Waals surface area (Å²) in [6.07, 6.45) is 3.01. The minimum Gasteiger partial charge on any atom is -0.392 e. The van der Waals surface area contributed by atoms with Crippen LogP contribution in [0.15, 0.2) is 77.1 Å². The number of nitrogens with zero attached hydrogens (tertiary/aromatic N) is 1. The molecule has 2 amide bonds. The molecule has 3 aromatic carbocycles. The third kappa shape index (κ3) is 9.36. The highest BCUT2D eigenvalue weighted by atomic mass is 32.2. The van der Waals surface area contributed by atoms with Gasteiger partial charge in [-0.05, 0) is 41.7 Å². The number of fused-ring (bicyclic) bond motifs is 1. The number of aromatic nitrogens is 1. The van der Waals surface area contributed by atoms with Crippen LogP contribution in [0, 0.1) is 0 Å². The van der Waals surface area contributed by atoms with Gasteiger partial charge in [0.25, 0.3) is 0 Å². The van der Waals surface area contributed by atoms with Crippen LogP contribution in [0.3, 0.4) is 0 Å². The maximum atomic E-state index is 12.3. The van der Waals surface area contributed by atoms with Crippen molar-refractivity contribution in [2.75, 3.05) is 12.3 Å². The van der Waals surface area contributed by atoms with Gasteiger partial charge in [-0.25, -0.2) is 4.98 Å². The zero-order valence-corrected chi connectivity index (χ0v) is 26.5. The van der Waals surface area contributed by atoms with Gasteiger partial charge in [-0.15, -0.1) is 11.3 Å². The first-order valence-electron chi connectivity index (χ1n) is 15.1. The van der Waals surface area contributed by atoms with Gasteiger partial charge in [-0.2, -0.15) is 0 Å². The van der Waals surface area contributed by atoms with Crippen molar-refractivity contribution in [3.05, 3.63) is 95.1 Å². The Labute approximate surface area is 266 Å². The highest BCUT2D eigenvalue weighted by molar-refractivity contribution is 8.01. The molecule has 3 N–H and O–H groups in total. The molecule has 0 unspecified atom stereocenters. The van der Waals surface area contributed by atoms with E-state index in [1.807, 2.05) is 66.7 Å². The molecule has 5 rings (SSSR count). The Hall–Kier alpha value is -3.28. The number of benzene rings is 3. The van der Waals surface area contributed by atoms with Crippen LogP contribution in [-0.2, 0) is 32.2 Å². The van der Waals surface area contributed by atoms with Gasteiger partial charge in [0.05, 0.1) is 29.0 Å². The lowest BCUT2D eigenvalue weighted by Gasteiger charge is -2.36. The summed E-state index contributed by atoms with van der Waals surface area (Å²) in [5.74, 6) is 0.752. The lowest BCUT2D eigenvalue weighted by Crippen LogP contribution is -2.31. The maximum absolute atomic E-state index is 12.3. The van der Waals surface area contributed by atoms with Crippen LogP contribution < -0.4 is 10.6 Å². The monoisotopic (exact) mass is 633 g/mol. The number of rotatable bonds is 14. The predicted molar refractivity (Wildman–Crippen MR) is 174 cm³/mol. The molecule has 0 radical (unpaired) electrons. The Kier molecular flexibility index (Phi) is 11.8. The number of nitrogens with one attached hydrogen (secondary N) is 2. The molecule has 8 nitrogen and oxygen atoms in total. The van der Waals surface area contributed by atoms with Crippen molar-refractivity contribution < 1.29 is 24.2 Å². The Balaban J connectivity index is 1.17. The predicted octanol–water partition coefficient (Wildman–Crippen LogP) is 6.44. The fraction of sp³-hybridized carbons (Fsp3) is 0.382. The Morgan fingerprint density at radius 1 is 0.932 bits per heavy atom. The van der Waals surface area contributed by atoms with Gasteiger partial charge in [0.15, 0.2) is 10.6 Å². The Morgan fingerprint density at radius 2 is 1.68 bits per heavy atom. The number of carbonyl (C=O) groups excluding carboxylic acids is 2. The van der Waals surface area contributed by atoms with E-state index in [4.69, 9.17) is 14.5 Å². The summed E-state index contributed by atoms with van der Waals surface area (Å²) in [6, 6.07) is 24.1. The molecule has 0 aliphatic carbocycles. The van der Waals surface area contributed by atoms with Gasteiger partial charge in [-0.1, -0.05) is 78.8 Å². The first kappa shape index (κ1) is 32.1. The van der Waals surface area contributed by atoms with Crippen molar-refractivity contribution in [1.82, 2.24) is 15.6 Å². The van der Waals surface area contributed by atoms with Crippen molar-refractivity contribution in [3.63, 3.8) is 0 Å². The molecule has 232 valence electrons. The molecule has 10 heteroatoms. The second kappa shape index (κ2) is 16.2. The number of hydrogen-bond acceptors (Lipinski definition) is 8. The van der Waals surface area contributed by atoms with Crippen LogP contribution in [0.2, 0.25) is 0 Å². The zero-order chi connectivity index (χ0) is 30.7. The van der Waals surface area contributed by atoms with Crippen molar-refractivity contribution >= 4 is 45.1 Å². The van der Waals surface area contributed by atoms with Crippen LogP contribution in [0.4, 0.5) is 0 Å². The molecule has 44 heavy (non-hydrogen) atoms. The largest absolute Gasteiger partial charge is 0.392 e. The molecule has 3 atom stereocenters. The summed E-state index contributed by atoms with van der Waals surface area (Å²) >= 11 is 3.41. The number of hydrogen-bond donors (Lipinski definition) is 3. The molecular weight excluding hydrogens is 595 g/mol. The molecule has 1 fully saturated rings. The van der Waals surface area contributed by atoms with E-state index >= 15 is 0 Å². The van der Waals surface area contributed by atoms with E-state index in [1.54, 1.807) is 23.1 Å². The molecule has 1 saturated heterocycles. The number of aliphatic hydroxyl groups excluding tert-OH is 1. The van der Waals surface area contributed by atoms with E-state index in [0.717, 1.165) is 57.1 Å². The van der Waals surface area contributed by atoms with E-state index in [2.05, 4.69) is 16.7 Å². The summed E-state index contributed by atoms with van der Waals surface area (Å²) in [7, 11) is 0. The molecule has 1 aliphatic rings. The molecule has 2 heterocycles. The van der Waals surface area contributed by atoms with Gasteiger partial charge in [0.2, 0.25) is 11.8 Å². The second-order valence-corrected chi connectivity index (χ2v) is 13.2. The molecular formula is C34H39N3O5S2. The highest BCUT2D eigenvalue weighted by Gasteiger charge is 2.32. The van der Waals surface area contributed by atoms with Gasteiger partial charge in [0.1, 0.15) is 0 Å². The smallest absolute Gasteiger partial charge is 0.220 e. The standard InChI is InChI=1S/C34H39N3O5S2/c1-23(39)35-18-6-2-3-9-32(40)36-20-24-10-16-27(17-11-24)33-41-28(19-30(42-33)26-14-12-25(21-38)13-15-26)22-43-34-37-29-7-4-5-8-31(29)44-34/h4-5,7-8,10-17,28,30,33,38H,2-3,6,9,18-22H2,1H3,(H,35,39)(H,36,40)/t28-,30+,33+/m0/s1. The lowest BCUT2D eigenvalue weighted by atomic mass is 10.0. The van der Waals surface area contributed by atoms with Crippen LogP contribution in [0.25, 0.3) is 10.2 Å². The van der Waals surface area contributed by atoms with Crippen LogP contribution >= 0.6 is 23.1 Å². The van der Waals surface area contributed by atoms with Gasteiger partial charge < -0.3 is 25.2 Å². The molecule has 0 saturated carbocycles. The van der Waals surface area contributed by atoms with Gasteiger partial charge in [0, 0.05) is 44.2 Å². The lowest BCUT2D eigenvalue weighted by molar-refractivity contribution is -0.245. The summed E-state index contributed by atoms with van der Waals surface area (Å²) in [5, 5.41) is 15.3. The third-order valence-electron chi connectivity index (χ3n) is 7.48. The minimum absolute atomic E-state index is 0.00566. The van der Waals surface area contributed by atoms with E-state index in [1.165, 1.54) is 11.6 Å². The molecule has 4 aromatic rings. The number of amides is 2. The third-order valence-corrected chi connectivity index (χ3v) is 9.79. The minimum atomic E-state index is -0.534. The van der Waals surface area contributed by atoms with E-state index in [0.29, 0.717) is 25.9 Å². The Morgan fingerprint density at radius 3 is 2.43 bits per heavy atom. The summed E-state index contributed by atoms with van der Waals surface area (Å²) < 4.78 is 15.2. The van der Waals surface area contributed by atoms with E-state index in [9.17, 15) is 14.7 Å². The summed E-state index contributed by atoms with van der Waals surface area (Å²) in [4.78, 5) is 28.0. The molecule has 1 aliphatic heterocycles. The first-order valence-corrected chi connectivity index (χ1v) is 16.9. The van der Waals surface area contributed by atoms with Crippen LogP contribution in [0.1, 0.15) is 73.7 Å². The second-order valence-electron chi connectivity index (χ2n) is 10.9. The zero-order valence-electron chi connectivity index (χ0n) is 24.9. The highest BCUT2D eigenvalue weighted by Crippen LogP contribution is 2.40. The number of para-hydroxylation sites is 1. The number of carbonyl (C=O) groups is 2. The molecule has 0 bridgehead atoms. The SMILES string of the molecule is CC(=O)NCCCCCC(=O)NCc1ccc([C@@H]2O[C@H](CSc3nc4ccccc4s3)C[C@H](c3ccc(CO)cc3)O2)cc1. The van der Waals surface area contributed by atoms with Crippen molar-refractivity contribution in [2.45, 2.75) is 75.0 Å². The average molecular weight is 634 g/mol. The number of thiazole rings is 1. The number of unbranched alkanes of at least 4 members (excludes halogenated alkanes) is 2. The topological polar surface area (TPSA) is 110 Å². The van der Waals surface area contributed by atoms with Crippen molar-refractivity contribution in [3.8, 4) is 0 Å². The Bertz CT molecular complexity index is 1480. The van der Waals surface area contributed by atoms with E-state index < -0.39 is 6.29 Å². The maximum Gasteiger partial charge on any atom is 0.220 e. The first-order chi connectivity index (χ1) is 21.5. The van der Waals surface area contributed by atoms with Crippen LogP contribution in [-0.4, -0.2) is 40.3 Å². The van der Waals surface area contributed by atoms with Crippen molar-refractivity contribution in [2.24, 2.45) is 0 Å². The molecule has 0 spiro atoms. The summed E-state index contributed by atoms with van der Waals surface area (Å²) in [6.45, 7) is 2.62. The van der Waals surface area contributed by atoms with Gasteiger partial charge in [-0.3, -0.25) is 9.59 Å². The van der Waals surface area contributed by atoms with Gasteiger partial charge >= 0.3 is 0 Å². The summed E-state index contributed by atoms with van der Waals surface area (Å²) in [5.41, 5.74) is 4.86. The van der Waals surface area contributed by atoms with Crippen LogP contribution in [0.5, 0.6) is 0 Å². The fourth-order valence-corrected chi connectivity index (χ4v) is 7.15. The number of thioether (sulfide) groups is 1. The molecule has 1 aromatic heterocycles. The normalized spacial score (nSPS) is 18.3. The number of ether oxygens (including phenoxy) is 2. The fourth-order valence-electron chi connectivity index (χ4n) is 5.03. The quantitative estimate of drug-likeness (QED) is 0.108. The van der Waals surface area contributed by atoms with Crippen molar-refractivity contribution in [1.29, 1.82) is 0 Å². The average Bonchev–Trinajstić information content (AvgIpc) is 3.48. The van der Waals surface area contributed by atoms with E-state index in [-0.39, 0.29) is 30.6 Å². The number of aliphatic hydroxyl groups is 1.